The lowest BCUT2D eigenvalue weighted by Gasteiger charge is -2.11. The Labute approximate surface area is 173 Å². The van der Waals surface area contributed by atoms with Crippen molar-refractivity contribution in [1.29, 1.82) is 0 Å². The maximum absolute atomic E-state index is 12.4. The molecule has 4 rings (SSSR count). The molecule has 0 aliphatic heterocycles. The van der Waals surface area contributed by atoms with E-state index in [4.69, 9.17) is 9.15 Å². The maximum Gasteiger partial charge on any atom is 0.344 e. The van der Waals surface area contributed by atoms with E-state index in [9.17, 15) is 9.59 Å². The Morgan fingerprint density at radius 2 is 1.80 bits per heavy atom. The number of ether oxygens (including phenoxy) is 1. The summed E-state index contributed by atoms with van der Waals surface area (Å²) in [5, 5.41) is 3.65. The average molecular weight is 399 g/mol. The van der Waals surface area contributed by atoms with E-state index in [-0.39, 0.29) is 12.5 Å². The fourth-order valence-electron chi connectivity index (χ4n) is 3.33. The molecule has 0 bridgehead atoms. The summed E-state index contributed by atoms with van der Waals surface area (Å²) >= 11 is 0. The third-order valence-electron chi connectivity index (χ3n) is 4.79. The number of aryl methyl sites for hydroxylation is 2. The van der Waals surface area contributed by atoms with Crippen LogP contribution in [0.1, 0.15) is 11.1 Å². The molecule has 5 nitrogen and oxygen atoms in total. The minimum atomic E-state index is -0.421. The lowest BCUT2D eigenvalue weighted by Crippen LogP contribution is -2.20. The van der Waals surface area contributed by atoms with E-state index in [1.54, 1.807) is 30.3 Å². The first-order valence-corrected chi connectivity index (χ1v) is 9.63. The van der Waals surface area contributed by atoms with Gasteiger partial charge in [0.15, 0.2) is 6.61 Å². The SMILES string of the molecule is Cc1ccc(OCC(=O)Nc2cccc(-c3cc4ccccc4oc3=O)c2)c(C)c1. The number of para-hydroxylation sites is 1. The van der Waals surface area contributed by atoms with Crippen molar-refractivity contribution in [3.05, 3.63) is 94.3 Å². The highest BCUT2D eigenvalue weighted by atomic mass is 16.5. The van der Waals surface area contributed by atoms with E-state index in [2.05, 4.69) is 5.32 Å². The standard InChI is InChI=1S/C25H21NO4/c1-16-10-11-22(17(2)12-16)29-15-24(27)26-20-8-5-7-18(13-20)21-14-19-6-3-4-9-23(19)30-25(21)28/h3-14H,15H2,1-2H3,(H,26,27). The predicted molar refractivity (Wildman–Crippen MR) is 118 cm³/mol. The van der Waals surface area contributed by atoms with Gasteiger partial charge in [0.05, 0.1) is 5.56 Å². The molecule has 0 fully saturated rings. The lowest BCUT2D eigenvalue weighted by atomic mass is 10.1. The summed E-state index contributed by atoms with van der Waals surface area (Å²) in [6.45, 7) is 3.84. The summed E-state index contributed by atoms with van der Waals surface area (Å²) in [6, 6.07) is 22.1. The van der Waals surface area contributed by atoms with Gasteiger partial charge in [-0.05, 0) is 55.3 Å². The van der Waals surface area contributed by atoms with Gasteiger partial charge < -0.3 is 14.5 Å². The van der Waals surface area contributed by atoms with Gasteiger partial charge in [-0.25, -0.2) is 4.79 Å². The summed E-state index contributed by atoms with van der Waals surface area (Å²) in [6.07, 6.45) is 0. The number of anilines is 1. The highest BCUT2D eigenvalue weighted by molar-refractivity contribution is 5.92. The van der Waals surface area contributed by atoms with E-state index in [0.29, 0.717) is 28.1 Å². The zero-order chi connectivity index (χ0) is 21.1. The van der Waals surface area contributed by atoms with Crippen LogP contribution in [0.3, 0.4) is 0 Å². The molecule has 0 unspecified atom stereocenters. The summed E-state index contributed by atoms with van der Waals surface area (Å²) in [5.41, 5.74) is 3.93. The number of amides is 1. The van der Waals surface area contributed by atoms with Crippen LogP contribution in [0.4, 0.5) is 5.69 Å². The molecule has 30 heavy (non-hydrogen) atoms. The molecule has 4 aromatic rings. The van der Waals surface area contributed by atoms with Crippen LogP contribution in [-0.4, -0.2) is 12.5 Å². The molecule has 1 heterocycles. The van der Waals surface area contributed by atoms with Crippen LogP contribution in [0.25, 0.3) is 22.1 Å². The fourth-order valence-corrected chi connectivity index (χ4v) is 3.33. The Morgan fingerprint density at radius 1 is 0.967 bits per heavy atom. The van der Waals surface area contributed by atoms with Crippen LogP contribution in [0.5, 0.6) is 5.75 Å². The van der Waals surface area contributed by atoms with Crippen molar-refractivity contribution in [2.75, 3.05) is 11.9 Å². The van der Waals surface area contributed by atoms with Crippen LogP contribution in [0, 0.1) is 13.8 Å². The van der Waals surface area contributed by atoms with Crippen molar-refractivity contribution in [2.24, 2.45) is 0 Å². The van der Waals surface area contributed by atoms with Crippen LogP contribution in [-0.2, 0) is 4.79 Å². The lowest BCUT2D eigenvalue weighted by molar-refractivity contribution is -0.118. The summed E-state index contributed by atoms with van der Waals surface area (Å²) < 4.78 is 11.0. The van der Waals surface area contributed by atoms with Crippen LogP contribution in [0.2, 0.25) is 0 Å². The average Bonchev–Trinajstić information content (AvgIpc) is 2.73. The Hall–Kier alpha value is -3.86. The predicted octanol–water partition coefficient (Wildman–Crippen LogP) is 5.09. The first-order chi connectivity index (χ1) is 14.5. The normalized spacial score (nSPS) is 10.7. The quantitative estimate of drug-likeness (QED) is 0.475. The molecule has 1 amide bonds. The zero-order valence-electron chi connectivity index (χ0n) is 16.8. The number of hydrogen-bond acceptors (Lipinski definition) is 4. The number of nitrogens with one attached hydrogen (secondary N) is 1. The zero-order valence-corrected chi connectivity index (χ0v) is 16.8. The number of carbonyl (C=O) groups is 1. The van der Waals surface area contributed by atoms with Crippen molar-refractivity contribution < 1.29 is 13.9 Å². The van der Waals surface area contributed by atoms with E-state index in [0.717, 1.165) is 16.5 Å². The summed E-state index contributed by atoms with van der Waals surface area (Å²) in [4.78, 5) is 24.7. The molecular formula is C25H21NO4. The van der Waals surface area contributed by atoms with Gasteiger partial charge in [-0.1, -0.05) is 48.0 Å². The molecule has 0 spiro atoms. The molecule has 0 saturated heterocycles. The molecule has 1 N–H and O–H groups in total. The minimum absolute atomic E-state index is 0.105. The van der Waals surface area contributed by atoms with Gasteiger partial charge in [0, 0.05) is 11.1 Å². The first kappa shape index (κ1) is 19.5. The molecule has 3 aromatic carbocycles. The third-order valence-corrected chi connectivity index (χ3v) is 4.79. The van der Waals surface area contributed by atoms with Gasteiger partial charge in [0.2, 0.25) is 0 Å². The van der Waals surface area contributed by atoms with Crippen molar-refractivity contribution in [3.8, 4) is 16.9 Å². The summed E-state index contributed by atoms with van der Waals surface area (Å²) in [5.74, 6) is 0.399. The van der Waals surface area contributed by atoms with Crippen molar-refractivity contribution >= 4 is 22.6 Å². The molecule has 0 aliphatic rings. The largest absolute Gasteiger partial charge is 0.483 e. The number of fused-ring (bicyclic) bond motifs is 1. The molecule has 5 heteroatoms. The second-order valence-electron chi connectivity index (χ2n) is 7.17. The Morgan fingerprint density at radius 3 is 2.63 bits per heavy atom. The molecule has 0 saturated carbocycles. The van der Waals surface area contributed by atoms with Gasteiger partial charge in [-0.15, -0.1) is 0 Å². The first-order valence-electron chi connectivity index (χ1n) is 9.63. The molecular weight excluding hydrogens is 378 g/mol. The van der Waals surface area contributed by atoms with E-state index < -0.39 is 5.63 Å². The highest BCUT2D eigenvalue weighted by Gasteiger charge is 2.10. The minimum Gasteiger partial charge on any atom is -0.483 e. The Balaban J connectivity index is 1.50. The number of rotatable bonds is 5. The number of carbonyl (C=O) groups excluding carboxylic acids is 1. The smallest absolute Gasteiger partial charge is 0.344 e. The molecule has 0 radical (unpaired) electrons. The van der Waals surface area contributed by atoms with Crippen LogP contribution < -0.4 is 15.7 Å². The fraction of sp³-hybridized carbons (Fsp3) is 0.120. The second-order valence-corrected chi connectivity index (χ2v) is 7.17. The van der Waals surface area contributed by atoms with Crippen LogP contribution >= 0.6 is 0 Å². The van der Waals surface area contributed by atoms with Gasteiger partial charge >= 0.3 is 5.63 Å². The number of hydrogen-bond donors (Lipinski definition) is 1. The topological polar surface area (TPSA) is 68.5 Å². The maximum atomic E-state index is 12.4. The highest BCUT2D eigenvalue weighted by Crippen LogP contribution is 2.24. The van der Waals surface area contributed by atoms with Gasteiger partial charge in [-0.3, -0.25) is 4.79 Å². The van der Waals surface area contributed by atoms with Crippen molar-refractivity contribution in [3.63, 3.8) is 0 Å². The Bertz CT molecular complexity index is 1290. The van der Waals surface area contributed by atoms with Gasteiger partial charge in [-0.2, -0.15) is 0 Å². The molecule has 0 aliphatic carbocycles. The van der Waals surface area contributed by atoms with Gasteiger partial charge in [0.25, 0.3) is 5.91 Å². The van der Waals surface area contributed by atoms with Crippen LogP contribution in [0.15, 0.2) is 82.0 Å². The van der Waals surface area contributed by atoms with Crippen molar-refractivity contribution in [2.45, 2.75) is 13.8 Å². The second kappa shape index (κ2) is 8.25. The third kappa shape index (κ3) is 4.25. The van der Waals surface area contributed by atoms with E-state index in [1.807, 2.05) is 56.3 Å². The van der Waals surface area contributed by atoms with E-state index >= 15 is 0 Å². The number of benzene rings is 3. The summed E-state index contributed by atoms with van der Waals surface area (Å²) in [7, 11) is 0. The molecule has 0 atom stereocenters. The monoisotopic (exact) mass is 399 g/mol. The molecule has 150 valence electrons. The Kier molecular flexibility index (Phi) is 5.35. The van der Waals surface area contributed by atoms with Crippen molar-refractivity contribution in [1.82, 2.24) is 0 Å². The molecule has 1 aromatic heterocycles. The van der Waals surface area contributed by atoms with E-state index in [1.165, 1.54) is 0 Å². The van der Waals surface area contributed by atoms with Gasteiger partial charge in [0.1, 0.15) is 11.3 Å².